The summed E-state index contributed by atoms with van der Waals surface area (Å²) in [7, 11) is 0. The van der Waals surface area contributed by atoms with Crippen LogP contribution in [0, 0.1) is 5.82 Å². The number of ether oxygens (including phenoxy) is 1. The predicted octanol–water partition coefficient (Wildman–Crippen LogP) is 3.55. The van der Waals surface area contributed by atoms with E-state index in [1.165, 1.54) is 18.2 Å². The summed E-state index contributed by atoms with van der Waals surface area (Å²) in [6.07, 6.45) is 3.01. The fourth-order valence-electron chi connectivity index (χ4n) is 2.07. The second-order valence-corrected chi connectivity index (χ2v) is 5.30. The zero-order valence-electron chi connectivity index (χ0n) is 13.5. The zero-order valence-corrected chi connectivity index (χ0v) is 13.5. The van der Waals surface area contributed by atoms with E-state index < -0.39 is 5.97 Å². The van der Waals surface area contributed by atoms with E-state index in [1.807, 2.05) is 0 Å². The third kappa shape index (κ3) is 5.22. The maximum atomic E-state index is 12.9. The molecule has 2 aromatic rings. The van der Waals surface area contributed by atoms with E-state index in [4.69, 9.17) is 9.15 Å². The Bertz CT molecular complexity index is 679. The first-order chi connectivity index (χ1) is 11.6. The molecule has 5 nitrogen and oxygen atoms in total. The summed E-state index contributed by atoms with van der Waals surface area (Å²) in [5.41, 5.74) is 0.643. The van der Waals surface area contributed by atoms with Gasteiger partial charge in [-0.2, -0.15) is 0 Å². The second-order valence-electron chi connectivity index (χ2n) is 5.30. The van der Waals surface area contributed by atoms with Crippen molar-refractivity contribution < 1.29 is 23.1 Å². The molecule has 1 heterocycles. The van der Waals surface area contributed by atoms with Crippen LogP contribution < -0.4 is 5.32 Å². The lowest BCUT2D eigenvalue weighted by molar-refractivity contribution is -0.124. The van der Waals surface area contributed by atoms with Crippen LogP contribution in [-0.2, 0) is 9.53 Å². The first-order valence-corrected chi connectivity index (χ1v) is 7.89. The normalized spacial score (nSPS) is 10.4. The van der Waals surface area contributed by atoms with Crippen molar-refractivity contribution in [1.82, 2.24) is 5.32 Å². The quantitative estimate of drug-likeness (QED) is 0.592. The number of hydrogen-bond donors (Lipinski definition) is 1. The largest absolute Gasteiger partial charge is 0.450 e. The summed E-state index contributed by atoms with van der Waals surface area (Å²) in [5.74, 6) is -0.995. The minimum atomic E-state index is -0.716. The van der Waals surface area contributed by atoms with Gasteiger partial charge in [-0.1, -0.05) is 19.8 Å². The Balaban J connectivity index is 1.83. The lowest BCUT2D eigenvalue weighted by Gasteiger charge is -2.05. The number of carbonyl (C=O) groups is 2. The number of esters is 1. The lowest BCUT2D eigenvalue weighted by Crippen LogP contribution is -2.29. The number of nitrogens with one attached hydrogen (secondary N) is 1. The molecule has 0 unspecified atom stereocenters. The molecule has 1 amide bonds. The highest BCUT2D eigenvalue weighted by Crippen LogP contribution is 2.22. The SMILES string of the molecule is CCCCCNC(=O)COC(=O)c1ccc(-c2ccc(F)cc2)o1. The van der Waals surface area contributed by atoms with Crippen LogP contribution in [-0.4, -0.2) is 25.0 Å². The molecule has 1 N–H and O–H groups in total. The fraction of sp³-hybridized carbons (Fsp3) is 0.333. The first kappa shape index (κ1) is 17.7. The summed E-state index contributed by atoms with van der Waals surface area (Å²) in [4.78, 5) is 23.4. The van der Waals surface area contributed by atoms with Crippen LogP contribution in [0.25, 0.3) is 11.3 Å². The minimum Gasteiger partial charge on any atom is -0.450 e. The van der Waals surface area contributed by atoms with Crippen molar-refractivity contribution in [2.24, 2.45) is 0 Å². The molecule has 1 aromatic heterocycles. The van der Waals surface area contributed by atoms with Crippen molar-refractivity contribution in [3.05, 3.63) is 48.0 Å². The predicted molar refractivity (Wildman–Crippen MR) is 86.9 cm³/mol. The van der Waals surface area contributed by atoms with Crippen molar-refractivity contribution >= 4 is 11.9 Å². The van der Waals surface area contributed by atoms with Crippen molar-refractivity contribution in [3.63, 3.8) is 0 Å². The Labute approximate surface area is 139 Å². The third-order valence-corrected chi connectivity index (χ3v) is 3.37. The van der Waals surface area contributed by atoms with Crippen molar-refractivity contribution in [2.75, 3.05) is 13.2 Å². The molecule has 0 saturated carbocycles. The van der Waals surface area contributed by atoms with E-state index in [1.54, 1.807) is 18.2 Å². The number of rotatable bonds is 8. The summed E-state index contributed by atoms with van der Waals surface area (Å²) >= 11 is 0. The molecular formula is C18H20FNO4. The van der Waals surface area contributed by atoms with Gasteiger partial charge in [0.15, 0.2) is 6.61 Å². The average molecular weight is 333 g/mol. The van der Waals surface area contributed by atoms with Crippen LogP contribution in [0.1, 0.15) is 36.7 Å². The van der Waals surface area contributed by atoms with E-state index in [-0.39, 0.29) is 24.1 Å². The number of benzene rings is 1. The molecular weight excluding hydrogens is 313 g/mol. The molecule has 1 aromatic carbocycles. The standard InChI is InChI=1S/C18H20FNO4/c1-2-3-4-11-20-17(21)12-23-18(22)16-10-9-15(24-16)13-5-7-14(19)8-6-13/h5-10H,2-4,11-12H2,1H3,(H,20,21). The maximum absolute atomic E-state index is 12.9. The van der Waals surface area contributed by atoms with Crippen LogP contribution >= 0.6 is 0 Å². The van der Waals surface area contributed by atoms with Crippen molar-refractivity contribution in [2.45, 2.75) is 26.2 Å². The van der Waals surface area contributed by atoms with E-state index in [2.05, 4.69) is 12.2 Å². The molecule has 0 spiro atoms. The number of carbonyl (C=O) groups excluding carboxylic acids is 2. The summed E-state index contributed by atoms with van der Waals surface area (Å²) in [5, 5.41) is 2.68. The molecule has 6 heteroatoms. The molecule has 0 bridgehead atoms. The Kier molecular flexibility index (Phi) is 6.54. The highest BCUT2D eigenvalue weighted by Gasteiger charge is 2.15. The number of amides is 1. The van der Waals surface area contributed by atoms with Gasteiger partial charge in [0.05, 0.1) is 0 Å². The molecule has 128 valence electrons. The third-order valence-electron chi connectivity index (χ3n) is 3.37. The van der Waals surface area contributed by atoms with Gasteiger partial charge in [-0.25, -0.2) is 9.18 Å². The summed E-state index contributed by atoms with van der Waals surface area (Å²) < 4.78 is 23.2. The molecule has 0 fully saturated rings. The van der Waals surface area contributed by atoms with Gasteiger partial charge in [0.2, 0.25) is 5.76 Å². The van der Waals surface area contributed by atoms with E-state index in [9.17, 15) is 14.0 Å². The lowest BCUT2D eigenvalue weighted by atomic mass is 10.2. The smallest absolute Gasteiger partial charge is 0.374 e. The number of hydrogen-bond acceptors (Lipinski definition) is 4. The fourth-order valence-corrected chi connectivity index (χ4v) is 2.07. The van der Waals surface area contributed by atoms with Crippen LogP contribution in [0.15, 0.2) is 40.8 Å². The second kappa shape index (κ2) is 8.86. The highest BCUT2D eigenvalue weighted by molar-refractivity contribution is 5.89. The minimum absolute atomic E-state index is 0.00638. The maximum Gasteiger partial charge on any atom is 0.374 e. The Morgan fingerprint density at radius 2 is 1.88 bits per heavy atom. The van der Waals surface area contributed by atoms with Gasteiger partial charge in [-0.3, -0.25) is 4.79 Å². The number of unbranched alkanes of at least 4 members (excludes halogenated alkanes) is 2. The van der Waals surface area contributed by atoms with E-state index >= 15 is 0 Å². The zero-order chi connectivity index (χ0) is 17.4. The van der Waals surface area contributed by atoms with Gasteiger partial charge >= 0.3 is 5.97 Å². The van der Waals surface area contributed by atoms with Crippen LogP contribution in [0.5, 0.6) is 0 Å². The first-order valence-electron chi connectivity index (χ1n) is 7.89. The topological polar surface area (TPSA) is 68.5 Å². The molecule has 0 aliphatic heterocycles. The summed E-state index contributed by atoms with van der Waals surface area (Å²) in [6, 6.07) is 8.76. The van der Waals surface area contributed by atoms with Crippen LogP contribution in [0.3, 0.4) is 0 Å². The van der Waals surface area contributed by atoms with E-state index in [0.717, 1.165) is 19.3 Å². The Hall–Kier alpha value is -2.63. The molecule has 0 saturated heterocycles. The molecule has 24 heavy (non-hydrogen) atoms. The highest BCUT2D eigenvalue weighted by atomic mass is 19.1. The average Bonchev–Trinajstić information content (AvgIpc) is 3.07. The van der Waals surface area contributed by atoms with Gasteiger partial charge in [-0.15, -0.1) is 0 Å². The summed E-state index contributed by atoms with van der Waals surface area (Å²) in [6.45, 7) is 2.30. The molecule has 0 radical (unpaired) electrons. The monoisotopic (exact) mass is 333 g/mol. The van der Waals surface area contributed by atoms with Gasteiger partial charge < -0.3 is 14.5 Å². The van der Waals surface area contributed by atoms with Gasteiger partial charge in [0.25, 0.3) is 5.91 Å². The van der Waals surface area contributed by atoms with Crippen molar-refractivity contribution in [3.8, 4) is 11.3 Å². The molecule has 0 atom stereocenters. The number of furan rings is 1. The van der Waals surface area contributed by atoms with Crippen molar-refractivity contribution in [1.29, 1.82) is 0 Å². The van der Waals surface area contributed by atoms with Crippen LogP contribution in [0.2, 0.25) is 0 Å². The van der Waals surface area contributed by atoms with Gasteiger partial charge in [0, 0.05) is 12.1 Å². The number of halogens is 1. The Morgan fingerprint density at radius 3 is 2.58 bits per heavy atom. The van der Waals surface area contributed by atoms with Crippen LogP contribution in [0.4, 0.5) is 4.39 Å². The van der Waals surface area contributed by atoms with Gasteiger partial charge in [-0.05, 0) is 42.8 Å². The molecule has 0 aliphatic carbocycles. The van der Waals surface area contributed by atoms with Gasteiger partial charge in [0.1, 0.15) is 11.6 Å². The Morgan fingerprint density at radius 1 is 1.12 bits per heavy atom. The molecule has 0 aliphatic rings. The van der Waals surface area contributed by atoms with E-state index in [0.29, 0.717) is 17.9 Å². The molecule has 2 rings (SSSR count).